The number of aryl methyl sites for hydroxylation is 1. The van der Waals surface area contributed by atoms with Crippen molar-refractivity contribution in [3.05, 3.63) is 52.5 Å². The van der Waals surface area contributed by atoms with Crippen LogP contribution in [0.15, 0.2) is 41.5 Å². The lowest BCUT2D eigenvalue weighted by atomic mass is 10.2. The molecule has 0 aliphatic carbocycles. The first-order chi connectivity index (χ1) is 12.1. The van der Waals surface area contributed by atoms with Crippen LogP contribution in [0.2, 0.25) is 5.02 Å². The van der Waals surface area contributed by atoms with E-state index in [0.717, 1.165) is 16.5 Å². The average Bonchev–Trinajstić information content (AvgIpc) is 2.95. The van der Waals surface area contributed by atoms with Gasteiger partial charge in [-0.25, -0.2) is 5.43 Å². The minimum atomic E-state index is 0.0791. The van der Waals surface area contributed by atoms with E-state index >= 15 is 0 Å². The van der Waals surface area contributed by atoms with Crippen molar-refractivity contribution in [1.82, 2.24) is 20.2 Å². The maximum Gasteiger partial charge on any atom is 0.265 e. The number of nitrogens with zero attached hydrogens (tertiary/aromatic N) is 4. The fourth-order valence-electron chi connectivity index (χ4n) is 2.52. The minimum Gasteiger partial charge on any atom is -0.507 e. The van der Waals surface area contributed by atoms with Gasteiger partial charge in [-0.05, 0) is 37.3 Å². The van der Waals surface area contributed by atoms with E-state index in [4.69, 9.17) is 11.6 Å². The summed E-state index contributed by atoms with van der Waals surface area (Å²) in [5.41, 5.74) is 6.61. The number of halogens is 1. The van der Waals surface area contributed by atoms with Crippen LogP contribution in [-0.2, 0) is 0 Å². The fourth-order valence-corrected chi connectivity index (χ4v) is 2.70. The van der Waals surface area contributed by atoms with E-state index in [1.165, 1.54) is 12.3 Å². The molecule has 124 valence electrons. The summed E-state index contributed by atoms with van der Waals surface area (Å²) >= 11 is 5.90. The number of aromatic hydroxyl groups is 1. The number of hydrogen-bond donors (Lipinski definition) is 3. The highest BCUT2D eigenvalue weighted by Gasteiger charge is 2.09. The molecule has 25 heavy (non-hydrogen) atoms. The first-order valence-corrected chi connectivity index (χ1v) is 7.88. The molecule has 0 unspecified atom stereocenters. The highest BCUT2D eigenvalue weighted by molar-refractivity contribution is 6.30. The third-order valence-electron chi connectivity index (χ3n) is 3.73. The molecule has 4 aromatic rings. The maximum absolute atomic E-state index is 9.75. The molecular weight excluding hydrogens is 340 g/mol. The Morgan fingerprint density at radius 2 is 2.08 bits per heavy atom. The van der Waals surface area contributed by atoms with Crippen LogP contribution in [0.3, 0.4) is 0 Å². The highest BCUT2D eigenvalue weighted by Crippen LogP contribution is 2.23. The number of nitrogens with one attached hydrogen (secondary N) is 2. The van der Waals surface area contributed by atoms with Gasteiger partial charge in [0.2, 0.25) is 0 Å². The zero-order chi connectivity index (χ0) is 17.4. The third-order valence-corrected chi connectivity index (χ3v) is 3.96. The van der Waals surface area contributed by atoms with E-state index in [0.29, 0.717) is 21.7 Å². The molecule has 2 heterocycles. The second-order valence-corrected chi connectivity index (χ2v) is 6.02. The van der Waals surface area contributed by atoms with E-state index < -0.39 is 0 Å². The van der Waals surface area contributed by atoms with Gasteiger partial charge in [-0.3, -0.25) is 0 Å². The summed E-state index contributed by atoms with van der Waals surface area (Å²) in [4.78, 5) is 7.58. The number of hydrogen-bond acceptors (Lipinski definition) is 6. The lowest BCUT2D eigenvalue weighted by Gasteiger charge is -2.00. The summed E-state index contributed by atoms with van der Waals surface area (Å²) in [6.45, 7) is 2.02. The van der Waals surface area contributed by atoms with Crippen molar-refractivity contribution >= 4 is 45.8 Å². The number of fused-ring (bicyclic) bond motifs is 3. The van der Waals surface area contributed by atoms with Crippen molar-refractivity contribution < 1.29 is 5.11 Å². The van der Waals surface area contributed by atoms with Gasteiger partial charge in [-0.2, -0.15) is 10.1 Å². The molecule has 0 saturated carbocycles. The van der Waals surface area contributed by atoms with Crippen LogP contribution in [0.25, 0.3) is 22.1 Å². The monoisotopic (exact) mass is 352 g/mol. The molecule has 2 aromatic heterocycles. The largest absolute Gasteiger partial charge is 0.507 e. The molecule has 0 radical (unpaired) electrons. The molecule has 8 heteroatoms. The van der Waals surface area contributed by atoms with E-state index in [9.17, 15) is 5.11 Å². The van der Waals surface area contributed by atoms with Crippen molar-refractivity contribution in [3.8, 4) is 5.75 Å². The van der Waals surface area contributed by atoms with Gasteiger partial charge in [0, 0.05) is 21.5 Å². The highest BCUT2D eigenvalue weighted by atomic mass is 35.5. The molecule has 0 saturated heterocycles. The second kappa shape index (κ2) is 6.03. The molecule has 4 rings (SSSR count). The van der Waals surface area contributed by atoms with Crippen molar-refractivity contribution in [2.24, 2.45) is 5.10 Å². The second-order valence-electron chi connectivity index (χ2n) is 5.58. The van der Waals surface area contributed by atoms with E-state index in [1.807, 2.05) is 25.1 Å². The van der Waals surface area contributed by atoms with Gasteiger partial charge in [0.05, 0.1) is 6.21 Å². The molecule has 0 aliphatic heterocycles. The summed E-state index contributed by atoms with van der Waals surface area (Å²) in [5, 5.41) is 23.5. The number of anilines is 1. The number of hydrazone groups is 1. The van der Waals surface area contributed by atoms with E-state index in [2.05, 4.69) is 30.7 Å². The van der Waals surface area contributed by atoms with Crippen LogP contribution in [0.1, 0.15) is 11.1 Å². The minimum absolute atomic E-state index is 0.0791. The molecule has 3 N–H and O–H groups in total. The molecule has 0 spiro atoms. The smallest absolute Gasteiger partial charge is 0.265 e. The van der Waals surface area contributed by atoms with Crippen LogP contribution in [-0.4, -0.2) is 31.5 Å². The van der Waals surface area contributed by atoms with Crippen LogP contribution < -0.4 is 5.43 Å². The first-order valence-electron chi connectivity index (χ1n) is 7.50. The topological polar surface area (TPSA) is 99.1 Å². The number of benzene rings is 2. The van der Waals surface area contributed by atoms with Crippen molar-refractivity contribution in [1.29, 1.82) is 0 Å². The number of rotatable bonds is 3. The molecule has 0 amide bonds. The first kappa shape index (κ1) is 15.3. The van der Waals surface area contributed by atoms with E-state index in [1.54, 1.807) is 12.1 Å². The summed E-state index contributed by atoms with van der Waals surface area (Å²) in [7, 11) is 0. The Morgan fingerprint density at radius 1 is 1.20 bits per heavy atom. The predicted molar refractivity (Wildman–Crippen MR) is 98.3 cm³/mol. The average molecular weight is 353 g/mol. The van der Waals surface area contributed by atoms with Crippen molar-refractivity contribution in [3.63, 3.8) is 0 Å². The summed E-state index contributed by atoms with van der Waals surface area (Å²) < 4.78 is 0. The van der Waals surface area contributed by atoms with Gasteiger partial charge in [0.15, 0.2) is 5.65 Å². The number of aromatic nitrogens is 4. The predicted octanol–water partition coefficient (Wildman–Crippen LogP) is 3.62. The van der Waals surface area contributed by atoms with Crippen LogP contribution in [0.5, 0.6) is 5.75 Å². The Hall–Kier alpha value is -3.19. The Morgan fingerprint density at radius 3 is 2.96 bits per heavy atom. The van der Waals surface area contributed by atoms with Gasteiger partial charge in [-0.15, -0.1) is 10.2 Å². The zero-order valence-electron chi connectivity index (χ0n) is 13.2. The van der Waals surface area contributed by atoms with Crippen LogP contribution in [0.4, 0.5) is 5.95 Å². The third kappa shape index (κ3) is 2.97. The fraction of sp³-hybridized carbons (Fsp3) is 0.0588. The molecule has 7 nitrogen and oxygen atoms in total. The summed E-state index contributed by atoms with van der Waals surface area (Å²) in [6.07, 6.45) is 1.43. The SMILES string of the molecule is Cc1ccc2[nH]c3nc(NN=Cc4cc(Cl)ccc4O)nnc3c2c1. The molecule has 0 fully saturated rings. The van der Waals surface area contributed by atoms with Crippen LogP contribution >= 0.6 is 11.6 Å². The molecule has 0 atom stereocenters. The lowest BCUT2D eigenvalue weighted by molar-refractivity contribution is 0.474. The lowest BCUT2D eigenvalue weighted by Crippen LogP contribution is -1.99. The molecule has 0 bridgehead atoms. The van der Waals surface area contributed by atoms with Crippen molar-refractivity contribution in [2.75, 3.05) is 5.43 Å². The molecule has 0 aliphatic rings. The van der Waals surface area contributed by atoms with Gasteiger partial charge >= 0.3 is 0 Å². The van der Waals surface area contributed by atoms with Gasteiger partial charge in [-0.1, -0.05) is 23.2 Å². The van der Waals surface area contributed by atoms with Gasteiger partial charge < -0.3 is 10.1 Å². The summed E-state index contributed by atoms with van der Waals surface area (Å²) in [6, 6.07) is 10.7. The maximum atomic E-state index is 9.75. The number of aromatic amines is 1. The zero-order valence-corrected chi connectivity index (χ0v) is 13.9. The number of phenols is 1. The Balaban J connectivity index is 1.62. The Kier molecular flexibility index (Phi) is 3.70. The Labute approximate surface area is 147 Å². The quantitative estimate of drug-likeness (QED) is 0.386. The standard InChI is InChI=1S/C17H13ClN6O/c1-9-2-4-13-12(6-9)15-16(20-13)21-17(24-22-15)23-19-8-10-7-11(18)3-5-14(10)25/h2-8,25H,1H3,(H2,20,21,23,24). The van der Waals surface area contributed by atoms with Gasteiger partial charge in [0.1, 0.15) is 11.3 Å². The van der Waals surface area contributed by atoms with E-state index in [-0.39, 0.29) is 11.7 Å². The van der Waals surface area contributed by atoms with Gasteiger partial charge in [0.25, 0.3) is 5.95 Å². The molecular formula is C17H13ClN6O. The van der Waals surface area contributed by atoms with Crippen LogP contribution in [0, 0.1) is 6.92 Å². The normalized spacial score (nSPS) is 11.6. The number of phenolic OH excluding ortho intramolecular Hbond substituents is 1. The Bertz CT molecular complexity index is 1120. The van der Waals surface area contributed by atoms with Crippen molar-refractivity contribution in [2.45, 2.75) is 6.92 Å². The molecule has 2 aromatic carbocycles. The summed E-state index contributed by atoms with van der Waals surface area (Å²) in [5.74, 6) is 0.323. The number of H-pyrrole nitrogens is 1.